The number of halogens is 1. The van der Waals surface area contributed by atoms with E-state index in [1.165, 1.54) is 21.0 Å². The lowest BCUT2D eigenvalue weighted by molar-refractivity contribution is -0.953. The second-order valence-electron chi connectivity index (χ2n) is 15.2. The van der Waals surface area contributed by atoms with E-state index in [4.69, 9.17) is 33.2 Å². The van der Waals surface area contributed by atoms with Crippen LogP contribution in [0.1, 0.15) is 44.0 Å². The number of likely N-dealkylation sites (tertiary alicyclic amines) is 1. The second-order valence-corrected chi connectivity index (χ2v) is 15.2. The molecule has 14 heteroatoms. The number of aliphatic hydroxyl groups excluding tert-OH is 1. The first-order chi connectivity index (χ1) is 23.4. The number of fused-ring (bicyclic) bond motifs is 2. The zero-order valence-corrected chi connectivity index (χ0v) is 31.2. The predicted octanol–water partition coefficient (Wildman–Crippen LogP) is -3.19. The van der Waals surface area contributed by atoms with Crippen LogP contribution >= 0.6 is 0 Å². The van der Waals surface area contributed by atoms with Gasteiger partial charge in [0.2, 0.25) is 0 Å². The normalized spacial score (nSPS) is 47.5. The highest BCUT2D eigenvalue weighted by atomic mass is 79.9. The summed E-state index contributed by atoms with van der Waals surface area (Å²) < 4.78 is 44.0. The van der Waals surface area contributed by atoms with Crippen LogP contribution in [0.5, 0.6) is 0 Å². The number of aliphatic hydroxyl groups is 2. The number of esters is 3. The van der Waals surface area contributed by atoms with E-state index in [-0.39, 0.29) is 42.0 Å². The molecule has 1 aliphatic heterocycles. The van der Waals surface area contributed by atoms with Crippen LogP contribution in [0.15, 0.2) is 30.3 Å². The number of carbonyl (C=O) groups is 3. The van der Waals surface area contributed by atoms with Crippen LogP contribution in [0.4, 0.5) is 0 Å². The number of quaternary nitrogens is 1. The molecule has 16 atom stereocenters. The summed E-state index contributed by atoms with van der Waals surface area (Å²) in [4.78, 5) is 41.0. The lowest BCUT2D eigenvalue weighted by Gasteiger charge is -2.68. The molecule has 0 aromatic heterocycles. The maximum absolute atomic E-state index is 13.8. The molecule has 3 N–H and O–H groups in total. The van der Waals surface area contributed by atoms with Gasteiger partial charge in [0, 0.05) is 60.5 Å². The Morgan fingerprint density at radius 1 is 0.920 bits per heavy atom. The van der Waals surface area contributed by atoms with E-state index in [2.05, 4.69) is 6.92 Å². The van der Waals surface area contributed by atoms with Crippen LogP contribution in [-0.2, 0) is 42.7 Å². The Morgan fingerprint density at radius 3 is 2.18 bits per heavy atom. The zero-order chi connectivity index (χ0) is 35.3. The molecule has 50 heavy (non-hydrogen) atoms. The summed E-state index contributed by atoms with van der Waals surface area (Å²) in [5.74, 6) is -4.13. The highest BCUT2D eigenvalue weighted by molar-refractivity contribution is 5.89. The van der Waals surface area contributed by atoms with Crippen molar-refractivity contribution in [3.05, 3.63) is 35.9 Å². The number of rotatable bonds is 10. The van der Waals surface area contributed by atoms with Crippen LogP contribution in [0.3, 0.4) is 0 Å². The number of carbonyl (C=O) groups excluding carboxylic acids is 3. The van der Waals surface area contributed by atoms with E-state index in [9.17, 15) is 24.6 Å². The van der Waals surface area contributed by atoms with Crippen molar-refractivity contribution in [1.29, 1.82) is 0 Å². The van der Waals surface area contributed by atoms with Crippen LogP contribution in [-0.4, -0.2) is 130 Å². The third-order valence-corrected chi connectivity index (χ3v) is 13.6. The molecule has 0 radical (unpaired) electrons. The minimum Gasteiger partial charge on any atom is -1.00 e. The van der Waals surface area contributed by atoms with Gasteiger partial charge >= 0.3 is 17.9 Å². The summed E-state index contributed by atoms with van der Waals surface area (Å²) in [5, 5.41) is 25.5. The van der Waals surface area contributed by atoms with Gasteiger partial charge in [0.15, 0.2) is 5.60 Å². The fourth-order valence-electron chi connectivity index (χ4n) is 12.9. The first kappa shape index (κ1) is 37.6. The molecule has 5 saturated carbocycles. The van der Waals surface area contributed by atoms with E-state index < -0.39 is 94.3 Å². The molecule has 13 nitrogen and oxygen atoms in total. The number of ether oxygens (including phenoxy) is 7. The van der Waals surface area contributed by atoms with Gasteiger partial charge in [-0.3, -0.25) is 9.59 Å². The van der Waals surface area contributed by atoms with Gasteiger partial charge < -0.3 is 65.3 Å². The maximum atomic E-state index is 13.8. The van der Waals surface area contributed by atoms with Crippen molar-refractivity contribution >= 4 is 17.9 Å². The smallest absolute Gasteiger partial charge is 0.338 e. The molecule has 278 valence electrons. The molecular formula is C36H50BrNO12. The van der Waals surface area contributed by atoms with Crippen molar-refractivity contribution in [2.45, 2.75) is 87.5 Å². The molecule has 6 aliphatic rings. The van der Waals surface area contributed by atoms with Crippen molar-refractivity contribution in [3.63, 3.8) is 0 Å². The van der Waals surface area contributed by atoms with Crippen molar-refractivity contribution in [3.8, 4) is 0 Å². The largest absolute Gasteiger partial charge is 1.00 e. The van der Waals surface area contributed by atoms with Gasteiger partial charge in [-0.2, -0.15) is 0 Å². The molecule has 7 rings (SSSR count). The SMILES string of the molecule is CC[NH+]1CC2(COC)C(OC(C)=O)CC(OC)C34[C@@H]5C[C@@]6(O)C(OC)C(O)[C@](OC(C)=O)(C(C(OC)[C@H]23)[C@@H]14)[C@@H]5C6OC(=O)c1ccccc1.[Br-]. The quantitative estimate of drug-likeness (QED) is 0.162. The van der Waals surface area contributed by atoms with Gasteiger partial charge in [0.25, 0.3) is 0 Å². The molecule has 7 bridgehead atoms. The lowest BCUT2D eigenvalue weighted by Crippen LogP contribution is -3.22. The Bertz CT molecular complexity index is 1480. The van der Waals surface area contributed by atoms with E-state index in [0.29, 0.717) is 25.1 Å². The number of methoxy groups -OCH3 is 4. The highest BCUT2D eigenvalue weighted by Crippen LogP contribution is 2.79. The summed E-state index contributed by atoms with van der Waals surface area (Å²) >= 11 is 0. The number of hydrogen-bond acceptors (Lipinski definition) is 12. The fraction of sp³-hybridized carbons (Fsp3) is 0.750. The lowest BCUT2D eigenvalue weighted by atomic mass is 9.42. The first-order valence-electron chi connectivity index (χ1n) is 17.3. The predicted molar refractivity (Wildman–Crippen MR) is 169 cm³/mol. The second kappa shape index (κ2) is 13.0. The first-order valence-corrected chi connectivity index (χ1v) is 17.3. The Hall–Kier alpha value is -2.17. The van der Waals surface area contributed by atoms with E-state index >= 15 is 0 Å². The van der Waals surface area contributed by atoms with Crippen molar-refractivity contribution in [2.24, 2.45) is 34.5 Å². The molecule has 6 fully saturated rings. The Labute approximate surface area is 302 Å². The average Bonchev–Trinajstić information content (AvgIpc) is 3.44. The molecule has 1 spiro atoms. The monoisotopic (exact) mass is 767 g/mol. The Balaban J connectivity index is 0.00000432. The molecule has 10 unspecified atom stereocenters. The summed E-state index contributed by atoms with van der Waals surface area (Å²) in [6, 6.07) is 8.22. The van der Waals surface area contributed by atoms with Crippen LogP contribution < -0.4 is 21.9 Å². The summed E-state index contributed by atoms with van der Waals surface area (Å²) in [6.45, 7) is 6.23. The van der Waals surface area contributed by atoms with Gasteiger partial charge in [-0.15, -0.1) is 0 Å². The van der Waals surface area contributed by atoms with Crippen molar-refractivity contribution in [1.82, 2.24) is 0 Å². The van der Waals surface area contributed by atoms with Gasteiger partial charge in [0.05, 0.1) is 54.2 Å². The van der Waals surface area contributed by atoms with Crippen molar-refractivity contribution < 1.29 is 79.6 Å². The number of hydrogen-bond donors (Lipinski definition) is 3. The van der Waals surface area contributed by atoms with Crippen molar-refractivity contribution in [2.75, 3.05) is 48.1 Å². The molecular weight excluding hydrogens is 718 g/mol. The van der Waals surface area contributed by atoms with E-state index in [1.807, 2.05) is 0 Å². The fourth-order valence-corrected chi connectivity index (χ4v) is 12.9. The van der Waals surface area contributed by atoms with Crippen LogP contribution in [0.25, 0.3) is 0 Å². The molecule has 0 amide bonds. The minimum absolute atomic E-state index is 0. The Morgan fingerprint density at radius 2 is 1.62 bits per heavy atom. The maximum Gasteiger partial charge on any atom is 0.338 e. The standard InChI is InChI=1S/C36H49NO12.BrH/c1-8-37-16-33(17-43-4)22(47-18(2)38)14-23(44-5)35-21-15-34(42)30(48-32(41)20-12-10-9-11-13-20)24(21)36(49-19(3)39,29(40)31(34)46-7)25(28(35)37)26(45-6)27(33)35;/h9-13,21-31,40,42H,8,14-17H2,1-7H3;1H/t21-,22?,23?,24+,25?,26?,27-,28-,29?,30?,31?,33?,34+,35?,36-;/m1./s1. The van der Waals surface area contributed by atoms with Gasteiger partial charge in [-0.05, 0) is 31.4 Å². The van der Waals surface area contributed by atoms with Crippen LogP contribution in [0, 0.1) is 34.5 Å². The average molecular weight is 769 g/mol. The highest BCUT2D eigenvalue weighted by Gasteiger charge is 2.94. The molecule has 1 heterocycles. The number of nitrogens with one attached hydrogen (secondary N) is 1. The summed E-state index contributed by atoms with van der Waals surface area (Å²) in [7, 11) is 6.29. The third kappa shape index (κ3) is 4.51. The van der Waals surface area contributed by atoms with Gasteiger partial charge in [0.1, 0.15) is 36.1 Å². The Kier molecular flexibility index (Phi) is 9.81. The summed E-state index contributed by atoms with van der Waals surface area (Å²) in [5.41, 5.74) is -4.81. The number of benzene rings is 1. The molecule has 1 saturated heterocycles. The minimum atomic E-state index is -1.85. The topological polar surface area (TPSA) is 161 Å². The zero-order valence-electron chi connectivity index (χ0n) is 29.6. The number of piperidine rings is 1. The van der Waals surface area contributed by atoms with E-state index in [0.717, 1.165) is 4.90 Å². The van der Waals surface area contributed by atoms with Gasteiger partial charge in [-0.1, -0.05) is 18.2 Å². The van der Waals surface area contributed by atoms with Crippen LogP contribution in [0.2, 0.25) is 0 Å². The molecule has 1 aromatic carbocycles. The van der Waals surface area contributed by atoms with E-state index in [1.54, 1.807) is 51.7 Å². The van der Waals surface area contributed by atoms with Gasteiger partial charge in [-0.25, -0.2) is 4.79 Å². The summed E-state index contributed by atoms with van der Waals surface area (Å²) in [6.07, 6.45) is -5.33. The molecule has 1 aromatic rings. The third-order valence-electron chi connectivity index (χ3n) is 13.6. The molecule has 5 aliphatic carbocycles.